The van der Waals surface area contributed by atoms with Gasteiger partial charge in [-0.25, -0.2) is 0 Å². The maximum Gasteiger partial charge on any atom is 0.247 e. The number of nitrogens with zero attached hydrogens (tertiary/aromatic N) is 5. The molecule has 0 radical (unpaired) electrons. The second-order valence-electron chi connectivity index (χ2n) is 5.36. The Morgan fingerprint density at radius 3 is 2.69 bits per heavy atom. The lowest BCUT2D eigenvalue weighted by atomic mass is 10.2. The summed E-state index contributed by atoms with van der Waals surface area (Å²) >= 11 is 3.15. The number of thioether (sulfide) groups is 1. The highest BCUT2D eigenvalue weighted by atomic mass is 32.2. The van der Waals surface area contributed by atoms with Gasteiger partial charge in [-0.3, -0.25) is 0 Å². The smallest absolute Gasteiger partial charge is 0.247 e. The maximum absolute atomic E-state index is 5.74. The molecule has 4 aromatic rings. The van der Waals surface area contributed by atoms with E-state index in [1.165, 1.54) is 11.8 Å². The van der Waals surface area contributed by atoms with Crippen LogP contribution in [0.4, 0.5) is 0 Å². The Kier molecular flexibility index (Phi) is 4.72. The largest absolute Gasteiger partial charge is 0.497 e. The van der Waals surface area contributed by atoms with Gasteiger partial charge in [0.25, 0.3) is 0 Å². The van der Waals surface area contributed by atoms with Crippen LogP contribution in [-0.2, 0) is 12.8 Å². The molecule has 0 unspecified atom stereocenters. The molecular formula is C17H15N5O2S2. The fraction of sp³-hybridized carbons (Fsp3) is 0.176. The first-order valence-electron chi connectivity index (χ1n) is 7.77. The van der Waals surface area contributed by atoms with Gasteiger partial charge in [-0.15, -0.1) is 31.7 Å². The summed E-state index contributed by atoms with van der Waals surface area (Å²) in [7, 11) is 3.58. The summed E-state index contributed by atoms with van der Waals surface area (Å²) in [5.74, 6) is 3.20. The van der Waals surface area contributed by atoms with Crippen molar-refractivity contribution in [3.8, 4) is 27.9 Å². The predicted molar refractivity (Wildman–Crippen MR) is 100 cm³/mol. The van der Waals surface area contributed by atoms with Crippen molar-refractivity contribution in [2.75, 3.05) is 7.11 Å². The second-order valence-corrected chi connectivity index (χ2v) is 7.25. The molecule has 0 aliphatic carbocycles. The fourth-order valence-electron chi connectivity index (χ4n) is 2.35. The van der Waals surface area contributed by atoms with Crippen LogP contribution in [-0.4, -0.2) is 32.1 Å². The van der Waals surface area contributed by atoms with Crippen LogP contribution in [0.3, 0.4) is 0 Å². The summed E-state index contributed by atoms with van der Waals surface area (Å²) in [6.07, 6.45) is 0. The number of rotatable bonds is 6. The first kappa shape index (κ1) is 16.8. The summed E-state index contributed by atoms with van der Waals surface area (Å²) in [5.41, 5.74) is 0.855. The number of methoxy groups -OCH3 is 1. The van der Waals surface area contributed by atoms with Crippen LogP contribution < -0.4 is 4.74 Å². The zero-order chi connectivity index (χ0) is 17.9. The molecule has 0 saturated carbocycles. The van der Waals surface area contributed by atoms with E-state index in [9.17, 15) is 0 Å². The van der Waals surface area contributed by atoms with Crippen LogP contribution in [0.25, 0.3) is 22.2 Å². The van der Waals surface area contributed by atoms with Gasteiger partial charge in [0.1, 0.15) is 5.75 Å². The first-order valence-corrected chi connectivity index (χ1v) is 9.64. The molecule has 1 aromatic carbocycles. The minimum Gasteiger partial charge on any atom is -0.497 e. The van der Waals surface area contributed by atoms with Crippen LogP contribution in [0, 0.1) is 0 Å². The lowest BCUT2D eigenvalue weighted by Crippen LogP contribution is -1.94. The van der Waals surface area contributed by atoms with E-state index >= 15 is 0 Å². The fourth-order valence-corrected chi connectivity index (χ4v) is 3.84. The monoisotopic (exact) mass is 385 g/mol. The van der Waals surface area contributed by atoms with Crippen LogP contribution in [0.2, 0.25) is 0 Å². The first-order chi connectivity index (χ1) is 12.7. The lowest BCUT2D eigenvalue weighted by Gasteiger charge is -2.00. The van der Waals surface area contributed by atoms with Crippen molar-refractivity contribution in [3.63, 3.8) is 0 Å². The summed E-state index contributed by atoms with van der Waals surface area (Å²) in [6.45, 7) is 0. The van der Waals surface area contributed by atoms with Crippen LogP contribution in [0.5, 0.6) is 5.75 Å². The molecule has 0 fully saturated rings. The summed E-state index contributed by atoms with van der Waals surface area (Å²) in [6, 6.07) is 11.5. The van der Waals surface area contributed by atoms with E-state index in [2.05, 4.69) is 20.4 Å². The highest BCUT2D eigenvalue weighted by Gasteiger charge is 2.14. The average molecular weight is 385 g/mol. The molecule has 0 aliphatic rings. The molecule has 0 amide bonds. The normalized spacial score (nSPS) is 11.0. The third-order valence-electron chi connectivity index (χ3n) is 3.71. The molecule has 0 saturated heterocycles. The molecule has 132 valence electrons. The van der Waals surface area contributed by atoms with Crippen molar-refractivity contribution in [2.24, 2.45) is 7.05 Å². The van der Waals surface area contributed by atoms with Gasteiger partial charge >= 0.3 is 0 Å². The number of hydrogen-bond donors (Lipinski definition) is 0. The Bertz CT molecular complexity index is 993. The maximum atomic E-state index is 5.74. The van der Waals surface area contributed by atoms with Gasteiger partial charge < -0.3 is 13.7 Å². The standard InChI is InChI=1S/C17H15N5O2S2/c1-22-15(13-4-3-9-25-13)19-21-17(22)26-10-14-18-20-16(24-14)11-5-7-12(23-2)8-6-11/h3-9H,10H2,1-2H3. The molecule has 9 heteroatoms. The molecule has 26 heavy (non-hydrogen) atoms. The minimum absolute atomic E-state index is 0.487. The zero-order valence-electron chi connectivity index (χ0n) is 14.1. The lowest BCUT2D eigenvalue weighted by molar-refractivity contribution is 0.415. The van der Waals surface area contributed by atoms with E-state index in [1.807, 2.05) is 53.4 Å². The van der Waals surface area contributed by atoms with E-state index in [-0.39, 0.29) is 0 Å². The Balaban J connectivity index is 1.45. The molecule has 3 heterocycles. The van der Waals surface area contributed by atoms with Crippen molar-refractivity contribution < 1.29 is 9.15 Å². The number of aromatic nitrogens is 5. The van der Waals surface area contributed by atoms with Gasteiger partial charge in [0, 0.05) is 12.6 Å². The number of thiophene rings is 1. The van der Waals surface area contributed by atoms with Crippen molar-refractivity contribution in [2.45, 2.75) is 10.9 Å². The van der Waals surface area contributed by atoms with Crippen molar-refractivity contribution >= 4 is 23.1 Å². The SMILES string of the molecule is COc1ccc(-c2nnc(CSc3nnc(-c4cccs4)n3C)o2)cc1. The molecule has 0 bridgehead atoms. The van der Waals surface area contributed by atoms with E-state index in [0.717, 1.165) is 27.2 Å². The Morgan fingerprint density at radius 1 is 1.12 bits per heavy atom. The summed E-state index contributed by atoms with van der Waals surface area (Å²) in [5, 5.41) is 19.6. The molecule has 0 spiro atoms. The van der Waals surface area contributed by atoms with E-state index < -0.39 is 0 Å². The van der Waals surface area contributed by atoms with Crippen molar-refractivity contribution in [1.82, 2.24) is 25.0 Å². The van der Waals surface area contributed by atoms with E-state index in [1.54, 1.807) is 18.4 Å². The quantitative estimate of drug-likeness (QED) is 0.466. The van der Waals surface area contributed by atoms with E-state index in [4.69, 9.17) is 9.15 Å². The molecule has 4 rings (SSSR count). The topological polar surface area (TPSA) is 78.9 Å². The van der Waals surface area contributed by atoms with Gasteiger partial charge in [-0.2, -0.15) is 0 Å². The summed E-state index contributed by atoms with van der Waals surface area (Å²) in [4.78, 5) is 1.09. The predicted octanol–water partition coefficient (Wildman–Crippen LogP) is 3.89. The van der Waals surface area contributed by atoms with Gasteiger partial charge in [-0.05, 0) is 35.7 Å². The molecule has 0 atom stereocenters. The molecule has 0 N–H and O–H groups in total. The van der Waals surface area contributed by atoms with Crippen molar-refractivity contribution in [1.29, 1.82) is 0 Å². The van der Waals surface area contributed by atoms with Crippen LogP contribution in [0.15, 0.2) is 51.4 Å². The second kappa shape index (κ2) is 7.30. The van der Waals surface area contributed by atoms with Crippen LogP contribution in [0.1, 0.15) is 5.89 Å². The summed E-state index contributed by atoms with van der Waals surface area (Å²) < 4.78 is 12.9. The Hall–Kier alpha value is -2.65. The molecule has 3 aromatic heterocycles. The Labute approximate surface area is 158 Å². The minimum atomic E-state index is 0.487. The molecule has 0 aliphatic heterocycles. The van der Waals surface area contributed by atoms with Gasteiger partial charge in [0.05, 0.1) is 17.7 Å². The zero-order valence-corrected chi connectivity index (χ0v) is 15.8. The third kappa shape index (κ3) is 3.35. The van der Waals surface area contributed by atoms with Gasteiger partial charge in [0.2, 0.25) is 11.8 Å². The molecular weight excluding hydrogens is 370 g/mol. The average Bonchev–Trinajstić information content (AvgIpc) is 3.41. The third-order valence-corrected chi connectivity index (χ3v) is 5.58. The number of hydrogen-bond acceptors (Lipinski definition) is 8. The highest BCUT2D eigenvalue weighted by molar-refractivity contribution is 7.98. The Morgan fingerprint density at radius 2 is 1.96 bits per heavy atom. The number of benzene rings is 1. The van der Waals surface area contributed by atoms with E-state index in [0.29, 0.717) is 17.5 Å². The van der Waals surface area contributed by atoms with Gasteiger partial charge in [0.15, 0.2) is 11.0 Å². The van der Waals surface area contributed by atoms with Crippen LogP contribution >= 0.6 is 23.1 Å². The van der Waals surface area contributed by atoms with Crippen molar-refractivity contribution in [3.05, 3.63) is 47.7 Å². The highest BCUT2D eigenvalue weighted by Crippen LogP contribution is 2.28. The number of ether oxygens (including phenoxy) is 1. The molecule has 7 nitrogen and oxygen atoms in total. The van der Waals surface area contributed by atoms with Gasteiger partial charge in [-0.1, -0.05) is 17.8 Å².